The maximum Gasteiger partial charge on any atom is 0.134 e. The molecule has 1 saturated heterocycles. The van der Waals surface area contributed by atoms with E-state index in [-0.39, 0.29) is 12.0 Å². The van der Waals surface area contributed by atoms with E-state index in [1.165, 1.54) is 0 Å². The lowest BCUT2D eigenvalue weighted by Crippen LogP contribution is -2.13. The van der Waals surface area contributed by atoms with Gasteiger partial charge < -0.3 is 9.29 Å². The first-order valence-electron chi connectivity index (χ1n) is 4.75. The summed E-state index contributed by atoms with van der Waals surface area (Å²) in [6.45, 7) is 1.58. The van der Waals surface area contributed by atoms with Gasteiger partial charge in [0, 0.05) is 12.3 Å². The highest BCUT2D eigenvalue weighted by atomic mass is 32.2. The van der Waals surface area contributed by atoms with Gasteiger partial charge in [-0.1, -0.05) is 35.3 Å². The molecule has 15 heavy (non-hydrogen) atoms. The summed E-state index contributed by atoms with van der Waals surface area (Å²) in [5.74, 6) is 0.0687. The number of rotatable bonds is 3. The second kappa shape index (κ2) is 4.85. The molecule has 1 aliphatic rings. The molecule has 2 rings (SSSR count). The zero-order valence-electron chi connectivity index (χ0n) is 8.14. The Hall–Kier alpha value is -0.750. The van der Waals surface area contributed by atoms with Crippen molar-refractivity contribution in [2.45, 2.75) is 12.0 Å². The molecule has 1 unspecified atom stereocenters. The Balaban J connectivity index is 2.06. The van der Waals surface area contributed by atoms with Crippen LogP contribution in [0.3, 0.4) is 0 Å². The Morgan fingerprint density at radius 3 is 2.73 bits per heavy atom. The molecule has 0 aliphatic carbocycles. The van der Waals surface area contributed by atoms with Crippen molar-refractivity contribution in [1.82, 2.24) is 5.32 Å². The largest absolute Gasteiger partial charge is 0.772 e. The standard InChI is InChI=1S/C10H13NO3S/c12-15(13)7-8-1-3-9(4-2-8)10-11-5-6-14-10/h1-4,10-11H,5-7H2,(H,12,13)/p-1/t10-/m1/s1. The molecule has 0 aromatic heterocycles. The van der Waals surface area contributed by atoms with Crippen LogP contribution in [0, 0.1) is 0 Å². The van der Waals surface area contributed by atoms with Crippen LogP contribution in [0.15, 0.2) is 24.3 Å². The Labute approximate surface area is 90.9 Å². The second-order valence-corrected chi connectivity index (χ2v) is 4.29. The van der Waals surface area contributed by atoms with Crippen molar-refractivity contribution < 1.29 is 13.5 Å². The minimum atomic E-state index is -2.02. The Morgan fingerprint density at radius 1 is 1.47 bits per heavy atom. The topological polar surface area (TPSA) is 61.4 Å². The molecule has 0 bridgehead atoms. The van der Waals surface area contributed by atoms with Gasteiger partial charge in [-0.15, -0.1) is 0 Å². The van der Waals surface area contributed by atoms with Crippen LogP contribution in [-0.2, 0) is 21.6 Å². The molecular formula is C10H12NO3S-. The van der Waals surface area contributed by atoms with E-state index in [1.807, 2.05) is 24.3 Å². The number of benzene rings is 1. The van der Waals surface area contributed by atoms with Crippen molar-refractivity contribution in [2.75, 3.05) is 13.2 Å². The minimum Gasteiger partial charge on any atom is -0.772 e. The van der Waals surface area contributed by atoms with Crippen molar-refractivity contribution in [3.8, 4) is 0 Å². The van der Waals surface area contributed by atoms with Gasteiger partial charge in [-0.3, -0.25) is 9.53 Å². The van der Waals surface area contributed by atoms with Gasteiger partial charge >= 0.3 is 0 Å². The average molecular weight is 226 g/mol. The maximum atomic E-state index is 10.5. The predicted octanol–water partition coefficient (Wildman–Crippen LogP) is 0.684. The maximum absolute atomic E-state index is 10.5. The van der Waals surface area contributed by atoms with E-state index in [0.717, 1.165) is 24.3 Å². The zero-order chi connectivity index (χ0) is 10.7. The van der Waals surface area contributed by atoms with Crippen LogP contribution in [0.25, 0.3) is 0 Å². The summed E-state index contributed by atoms with van der Waals surface area (Å²) in [7, 11) is 0. The summed E-state index contributed by atoms with van der Waals surface area (Å²) in [5, 5.41) is 3.19. The molecule has 4 nitrogen and oxygen atoms in total. The van der Waals surface area contributed by atoms with Crippen LogP contribution in [0.2, 0.25) is 0 Å². The molecule has 82 valence electrons. The smallest absolute Gasteiger partial charge is 0.134 e. The summed E-state index contributed by atoms with van der Waals surface area (Å²) in [6, 6.07) is 7.42. The quantitative estimate of drug-likeness (QED) is 0.770. The Bertz CT molecular complexity index is 346. The molecule has 1 N–H and O–H groups in total. The number of hydrogen-bond acceptors (Lipinski definition) is 4. The monoisotopic (exact) mass is 226 g/mol. The fraction of sp³-hybridized carbons (Fsp3) is 0.400. The van der Waals surface area contributed by atoms with Gasteiger partial charge in [0.05, 0.1) is 6.61 Å². The lowest BCUT2D eigenvalue weighted by Gasteiger charge is -2.11. The van der Waals surface area contributed by atoms with Gasteiger partial charge in [-0.2, -0.15) is 0 Å². The summed E-state index contributed by atoms with van der Waals surface area (Å²) in [6.07, 6.45) is -0.0446. The number of ether oxygens (including phenoxy) is 1. The molecular weight excluding hydrogens is 214 g/mol. The zero-order valence-corrected chi connectivity index (χ0v) is 8.96. The molecule has 0 spiro atoms. The third-order valence-corrected chi connectivity index (χ3v) is 2.85. The van der Waals surface area contributed by atoms with E-state index >= 15 is 0 Å². The van der Waals surface area contributed by atoms with Crippen molar-refractivity contribution in [3.63, 3.8) is 0 Å². The van der Waals surface area contributed by atoms with E-state index in [4.69, 9.17) is 4.74 Å². The molecule has 2 atom stereocenters. The summed E-state index contributed by atoms with van der Waals surface area (Å²) in [5.41, 5.74) is 1.83. The van der Waals surface area contributed by atoms with Crippen molar-refractivity contribution >= 4 is 11.1 Å². The van der Waals surface area contributed by atoms with Crippen molar-refractivity contribution in [3.05, 3.63) is 35.4 Å². The van der Waals surface area contributed by atoms with Gasteiger partial charge in [0.2, 0.25) is 0 Å². The first kappa shape index (κ1) is 10.8. The van der Waals surface area contributed by atoms with Crippen LogP contribution < -0.4 is 5.32 Å². The minimum absolute atomic E-state index is 0.0446. The van der Waals surface area contributed by atoms with Gasteiger partial charge in [-0.05, 0) is 11.1 Å². The summed E-state index contributed by atoms with van der Waals surface area (Å²) >= 11 is -2.02. The SMILES string of the molecule is O=S([O-])Cc1ccc([C@@H]2NCCO2)cc1. The van der Waals surface area contributed by atoms with E-state index in [9.17, 15) is 8.76 Å². The van der Waals surface area contributed by atoms with Gasteiger partial charge in [0.15, 0.2) is 0 Å². The lowest BCUT2D eigenvalue weighted by atomic mass is 10.1. The average Bonchev–Trinajstić information content (AvgIpc) is 2.71. The molecule has 0 saturated carbocycles. The van der Waals surface area contributed by atoms with E-state index in [0.29, 0.717) is 0 Å². The molecule has 0 radical (unpaired) electrons. The van der Waals surface area contributed by atoms with Crippen LogP contribution in [0.4, 0.5) is 0 Å². The normalized spacial score (nSPS) is 22.9. The van der Waals surface area contributed by atoms with Gasteiger partial charge in [0.25, 0.3) is 0 Å². The van der Waals surface area contributed by atoms with E-state index < -0.39 is 11.1 Å². The van der Waals surface area contributed by atoms with Crippen LogP contribution >= 0.6 is 0 Å². The van der Waals surface area contributed by atoms with Crippen molar-refractivity contribution in [1.29, 1.82) is 0 Å². The Kier molecular flexibility index (Phi) is 3.48. The van der Waals surface area contributed by atoms with Crippen LogP contribution in [0.1, 0.15) is 17.4 Å². The Morgan fingerprint density at radius 2 is 2.20 bits per heavy atom. The second-order valence-electron chi connectivity index (χ2n) is 3.39. The fourth-order valence-corrected chi connectivity index (χ4v) is 2.03. The highest BCUT2D eigenvalue weighted by Crippen LogP contribution is 2.18. The fourth-order valence-electron chi connectivity index (χ4n) is 1.56. The summed E-state index contributed by atoms with van der Waals surface area (Å²) < 4.78 is 26.4. The first-order valence-corrected chi connectivity index (χ1v) is 6.00. The highest BCUT2D eigenvalue weighted by molar-refractivity contribution is 7.78. The van der Waals surface area contributed by atoms with Crippen molar-refractivity contribution in [2.24, 2.45) is 0 Å². The predicted molar refractivity (Wildman–Crippen MR) is 55.8 cm³/mol. The molecule has 1 aromatic carbocycles. The molecule has 0 amide bonds. The third-order valence-electron chi connectivity index (χ3n) is 2.28. The van der Waals surface area contributed by atoms with Crippen LogP contribution in [0.5, 0.6) is 0 Å². The van der Waals surface area contributed by atoms with Gasteiger partial charge in [-0.25, -0.2) is 0 Å². The lowest BCUT2D eigenvalue weighted by molar-refractivity contribution is 0.102. The number of hydrogen-bond donors (Lipinski definition) is 1. The van der Waals surface area contributed by atoms with E-state index in [1.54, 1.807) is 0 Å². The third kappa shape index (κ3) is 2.85. The van der Waals surface area contributed by atoms with Gasteiger partial charge in [0.1, 0.15) is 6.23 Å². The highest BCUT2D eigenvalue weighted by Gasteiger charge is 2.15. The first-order chi connectivity index (χ1) is 7.25. The number of nitrogens with one attached hydrogen (secondary N) is 1. The molecule has 1 aliphatic heterocycles. The molecule has 1 heterocycles. The molecule has 1 fully saturated rings. The summed E-state index contributed by atoms with van der Waals surface area (Å²) in [4.78, 5) is 0. The van der Waals surface area contributed by atoms with E-state index in [2.05, 4.69) is 5.32 Å². The van der Waals surface area contributed by atoms with Crippen LogP contribution in [-0.4, -0.2) is 21.9 Å². The molecule has 5 heteroatoms. The molecule has 1 aromatic rings.